The standard InChI is InChI=1S/C25H24FN3O6S/c1-17(30)27-14-21-15-29(25(31)35-21)20-5-8-23(24(26)13-20)19-3-6-22(7-4-19)36(32,33)16-18-9-11-28(34-2)12-10-18/h3-13,21H,14-16H2,1-2H3/p+1/t21-/m0/s1. The zero-order valence-corrected chi connectivity index (χ0v) is 20.5. The molecule has 1 atom stereocenters. The van der Waals surface area contributed by atoms with Gasteiger partial charge in [-0.05, 0) is 41.5 Å². The molecule has 1 saturated heterocycles. The van der Waals surface area contributed by atoms with Crippen LogP contribution in [0.1, 0.15) is 12.5 Å². The monoisotopic (exact) mass is 514 g/mol. The number of halogens is 1. The largest absolute Gasteiger partial charge is 0.442 e. The van der Waals surface area contributed by atoms with Crippen molar-refractivity contribution in [1.29, 1.82) is 0 Å². The maximum Gasteiger partial charge on any atom is 0.414 e. The molecule has 0 spiro atoms. The van der Waals surface area contributed by atoms with Gasteiger partial charge in [0, 0.05) is 29.4 Å². The second-order valence-electron chi connectivity index (χ2n) is 8.25. The van der Waals surface area contributed by atoms with Crippen molar-refractivity contribution in [3.05, 3.63) is 78.4 Å². The highest BCUT2D eigenvalue weighted by atomic mass is 32.2. The Hall–Kier alpha value is -3.99. The molecule has 0 saturated carbocycles. The van der Waals surface area contributed by atoms with Crippen LogP contribution in [0.4, 0.5) is 14.9 Å². The van der Waals surface area contributed by atoms with E-state index in [4.69, 9.17) is 9.57 Å². The predicted molar refractivity (Wildman–Crippen MR) is 128 cm³/mol. The fourth-order valence-electron chi connectivity index (χ4n) is 3.81. The molecular weight excluding hydrogens is 489 g/mol. The zero-order chi connectivity index (χ0) is 25.9. The Bertz CT molecular complexity index is 1380. The van der Waals surface area contributed by atoms with Gasteiger partial charge in [-0.1, -0.05) is 12.1 Å². The van der Waals surface area contributed by atoms with Crippen LogP contribution in [0.5, 0.6) is 0 Å². The number of nitrogens with zero attached hydrogens (tertiary/aromatic N) is 2. The Morgan fingerprint density at radius 3 is 2.47 bits per heavy atom. The molecule has 1 N–H and O–H groups in total. The first kappa shape index (κ1) is 25.1. The zero-order valence-electron chi connectivity index (χ0n) is 19.7. The number of rotatable bonds is 8. The molecule has 0 unspecified atom stereocenters. The summed E-state index contributed by atoms with van der Waals surface area (Å²) in [6.45, 7) is 1.72. The Morgan fingerprint density at radius 2 is 1.86 bits per heavy atom. The topological polar surface area (TPSA) is 106 Å². The van der Waals surface area contributed by atoms with Crippen LogP contribution in [0.15, 0.2) is 71.9 Å². The summed E-state index contributed by atoms with van der Waals surface area (Å²) < 4.78 is 47.3. The van der Waals surface area contributed by atoms with Crippen molar-refractivity contribution in [3.63, 3.8) is 0 Å². The number of aromatic nitrogens is 1. The molecule has 2 aromatic carbocycles. The van der Waals surface area contributed by atoms with Crippen LogP contribution in [-0.4, -0.2) is 46.7 Å². The second kappa shape index (κ2) is 10.3. The minimum Gasteiger partial charge on any atom is -0.442 e. The van der Waals surface area contributed by atoms with Crippen LogP contribution in [0.2, 0.25) is 0 Å². The SMILES string of the molecule is CO[n+]1ccc(CS(=O)(=O)c2ccc(-c3ccc(N4C[C@H](CNC(C)=O)OC4=O)cc3F)cc2)cc1. The van der Waals surface area contributed by atoms with E-state index in [1.54, 1.807) is 42.7 Å². The summed E-state index contributed by atoms with van der Waals surface area (Å²) in [5, 5.41) is 2.59. The molecule has 1 aliphatic heterocycles. The molecular formula is C25H25FN3O6S+. The molecule has 36 heavy (non-hydrogen) atoms. The lowest BCUT2D eigenvalue weighted by Gasteiger charge is -2.15. The van der Waals surface area contributed by atoms with Crippen molar-refractivity contribution in [2.24, 2.45) is 0 Å². The third-order valence-electron chi connectivity index (χ3n) is 5.68. The highest BCUT2D eigenvalue weighted by Crippen LogP contribution is 2.30. The molecule has 2 heterocycles. The summed E-state index contributed by atoms with van der Waals surface area (Å²) in [4.78, 5) is 29.7. The van der Waals surface area contributed by atoms with Crippen LogP contribution in [0, 0.1) is 5.82 Å². The van der Waals surface area contributed by atoms with E-state index >= 15 is 0 Å². The highest BCUT2D eigenvalue weighted by molar-refractivity contribution is 7.90. The molecule has 9 nitrogen and oxygen atoms in total. The Kier molecular flexibility index (Phi) is 7.20. The molecule has 0 radical (unpaired) electrons. The van der Waals surface area contributed by atoms with Crippen molar-refractivity contribution in [2.75, 3.05) is 25.1 Å². The van der Waals surface area contributed by atoms with E-state index in [2.05, 4.69) is 5.32 Å². The van der Waals surface area contributed by atoms with Gasteiger partial charge in [0.2, 0.25) is 18.3 Å². The van der Waals surface area contributed by atoms with Gasteiger partial charge < -0.3 is 10.1 Å². The number of benzene rings is 2. The molecule has 0 bridgehead atoms. The molecule has 188 valence electrons. The van der Waals surface area contributed by atoms with Crippen molar-refractivity contribution in [3.8, 4) is 11.1 Å². The molecule has 1 fully saturated rings. The van der Waals surface area contributed by atoms with E-state index in [1.807, 2.05) is 0 Å². The molecule has 0 aliphatic carbocycles. The van der Waals surface area contributed by atoms with Gasteiger partial charge in [0.1, 0.15) is 19.0 Å². The quantitative estimate of drug-likeness (QED) is 0.463. The van der Waals surface area contributed by atoms with Gasteiger partial charge in [-0.25, -0.2) is 17.6 Å². The number of ether oxygens (including phenoxy) is 1. The number of amides is 2. The van der Waals surface area contributed by atoms with Gasteiger partial charge in [0.25, 0.3) is 0 Å². The van der Waals surface area contributed by atoms with Gasteiger partial charge in [-0.3, -0.25) is 14.5 Å². The van der Waals surface area contributed by atoms with E-state index in [0.717, 1.165) is 0 Å². The van der Waals surface area contributed by atoms with Crippen LogP contribution in [0.25, 0.3) is 11.1 Å². The van der Waals surface area contributed by atoms with E-state index in [0.29, 0.717) is 16.8 Å². The Morgan fingerprint density at radius 1 is 1.17 bits per heavy atom. The van der Waals surface area contributed by atoms with Gasteiger partial charge in [-0.2, -0.15) is 0 Å². The summed E-state index contributed by atoms with van der Waals surface area (Å²) >= 11 is 0. The molecule has 3 aromatic rings. The van der Waals surface area contributed by atoms with Crippen LogP contribution in [-0.2, 0) is 25.1 Å². The average Bonchev–Trinajstić information content (AvgIpc) is 3.23. The maximum absolute atomic E-state index is 15.0. The number of nitrogens with one attached hydrogen (secondary N) is 1. The summed E-state index contributed by atoms with van der Waals surface area (Å²) in [6.07, 6.45) is 2.08. The third-order valence-corrected chi connectivity index (χ3v) is 7.38. The third kappa shape index (κ3) is 5.62. The van der Waals surface area contributed by atoms with Gasteiger partial charge >= 0.3 is 6.09 Å². The number of pyridine rings is 1. The number of anilines is 1. The van der Waals surface area contributed by atoms with Gasteiger partial charge in [-0.15, -0.1) is 0 Å². The first-order valence-electron chi connectivity index (χ1n) is 11.1. The summed E-state index contributed by atoms with van der Waals surface area (Å²) in [7, 11) is -2.11. The number of cyclic esters (lactones) is 1. The lowest BCUT2D eigenvalue weighted by molar-refractivity contribution is -0.885. The number of carbonyl (C=O) groups is 2. The first-order valence-corrected chi connectivity index (χ1v) is 12.7. The van der Waals surface area contributed by atoms with Crippen molar-refractivity contribution in [2.45, 2.75) is 23.7 Å². The fraction of sp³-hybridized carbons (Fsp3) is 0.240. The minimum atomic E-state index is -3.61. The lowest BCUT2D eigenvalue weighted by Crippen LogP contribution is -2.39. The van der Waals surface area contributed by atoms with Crippen molar-refractivity contribution in [1.82, 2.24) is 5.32 Å². The summed E-state index contributed by atoms with van der Waals surface area (Å²) in [5.74, 6) is -0.995. The van der Waals surface area contributed by atoms with Crippen LogP contribution >= 0.6 is 0 Å². The fourth-order valence-corrected chi connectivity index (χ4v) is 5.16. The number of sulfone groups is 1. The van der Waals surface area contributed by atoms with Crippen molar-refractivity contribution < 1.29 is 36.7 Å². The second-order valence-corrected chi connectivity index (χ2v) is 10.2. The van der Waals surface area contributed by atoms with Gasteiger partial charge in [0.05, 0.1) is 29.4 Å². The average molecular weight is 515 g/mol. The number of carbonyl (C=O) groups excluding carboxylic acids is 2. The Labute approximate surface area is 207 Å². The normalized spacial score (nSPS) is 15.5. The summed E-state index contributed by atoms with van der Waals surface area (Å²) in [5.41, 5.74) is 1.68. The maximum atomic E-state index is 15.0. The highest BCUT2D eigenvalue weighted by Gasteiger charge is 2.32. The lowest BCUT2D eigenvalue weighted by atomic mass is 10.0. The molecule has 1 aliphatic rings. The minimum absolute atomic E-state index is 0.122. The molecule has 11 heteroatoms. The van der Waals surface area contributed by atoms with E-state index in [9.17, 15) is 22.4 Å². The summed E-state index contributed by atoms with van der Waals surface area (Å²) in [6, 6.07) is 13.6. The van der Waals surface area contributed by atoms with Crippen molar-refractivity contribution >= 4 is 27.5 Å². The smallest absolute Gasteiger partial charge is 0.414 e. The van der Waals surface area contributed by atoms with E-state index in [-0.39, 0.29) is 35.2 Å². The molecule has 1 aromatic heterocycles. The Balaban J connectivity index is 1.47. The molecule has 2 amide bonds. The van der Waals surface area contributed by atoms with E-state index < -0.39 is 27.9 Å². The van der Waals surface area contributed by atoms with Crippen LogP contribution < -0.4 is 19.8 Å². The molecule has 4 rings (SSSR count). The number of hydrogen-bond acceptors (Lipinski definition) is 6. The first-order chi connectivity index (χ1) is 17.2. The van der Waals surface area contributed by atoms with Gasteiger partial charge in [0.15, 0.2) is 9.84 Å². The number of hydrogen-bond donors (Lipinski definition) is 1. The predicted octanol–water partition coefficient (Wildman–Crippen LogP) is 2.27. The van der Waals surface area contributed by atoms with Crippen LogP contribution in [0.3, 0.4) is 0 Å². The van der Waals surface area contributed by atoms with E-state index in [1.165, 1.54) is 47.9 Å².